The van der Waals surface area contributed by atoms with Gasteiger partial charge in [0.2, 0.25) is 0 Å². The Morgan fingerprint density at radius 1 is 1.53 bits per heavy atom. The van der Waals surface area contributed by atoms with E-state index in [2.05, 4.69) is 18.9 Å². The van der Waals surface area contributed by atoms with Crippen LogP contribution in [-0.4, -0.2) is 27.1 Å². The van der Waals surface area contributed by atoms with E-state index in [-0.39, 0.29) is 5.92 Å². The molecule has 0 aromatic carbocycles. The topological polar surface area (TPSA) is 34.9 Å². The fourth-order valence-corrected chi connectivity index (χ4v) is 3.62. The molecule has 17 heavy (non-hydrogen) atoms. The van der Waals surface area contributed by atoms with Crippen LogP contribution < -0.4 is 0 Å². The van der Waals surface area contributed by atoms with Crippen molar-refractivity contribution in [1.29, 1.82) is 0 Å². The lowest BCUT2D eigenvalue weighted by Gasteiger charge is -2.09. The van der Waals surface area contributed by atoms with Crippen LogP contribution in [0.2, 0.25) is 5.02 Å². The molecule has 0 aliphatic carbocycles. The van der Waals surface area contributed by atoms with Crippen molar-refractivity contribution < 1.29 is 4.79 Å². The van der Waals surface area contributed by atoms with Gasteiger partial charge in [-0.05, 0) is 13.3 Å². The van der Waals surface area contributed by atoms with Gasteiger partial charge in [-0.15, -0.1) is 0 Å². The molecule has 0 saturated carbocycles. The molecule has 0 bridgehead atoms. The first kappa shape index (κ1) is 13.0. The molecular weight excluding hydrogens is 256 g/mol. The van der Waals surface area contributed by atoms with Gasteiger partial charge in [0.05, 0.1) is 22.2 Å². The summed E-state index contributed by atoms with van der Waals surface area (Å²) in [6, 6.07) is 0. The van der Waals surface area contributed by atoms with Gasteiger partial charge in [0.1, 0.15) is 5.78 Å². The highest BCUT2D eigenvalue weighted by Crippen LogP contribution is 2.29. The number of thioether (sulfide) groups is 1. The third-order valence-corrected chi connectivity index (χ3v) is 4.72. The van der Waals surface area contributed by atoms with Crippen LogP contribution in [0.3, 0.4) is 0 Å². The van der Waals surface area contributed by atoms with Crippen LogP contribution in [0.1, 0.15) is 25.2 Å². The predicted octanol–water partition coefficient (Wildman–Crippen LogP) is 2.59. The van der Waals surface area contributed by atoms with Gasteiger partial charge in [-0.1, -0.05) is 18.5 Å². The monoisotopic (exact) mass is 272 g/mol. The maximum Gasteiger partial charge on any atom is 0.147 e. The summed E-state index contributed by atoms with van der Waals surface area (Å²) in [6.07, 6.45) is 1.58. The minimum Gasteiger partial charge on any atom is -0.298 e. The van der Waals surface area contributed by atoms with Crippen molar-refractivity contribution >= 4 is 29.1 Å². The second-order valence-electron chi connectivity index (χ2n) is 4.26. The van der Waals surface area contributed by atoms with E-state index in [1.54, 1.807) is 11.8 Å². The van der Waals surface area contributed by atoms with Crippen LogP contribution in [0, 0.1) is 5.92 Å². The normalized spacial score (nSPS) is 20.2. The average molecular weight is 273 g/mol. The van der Waals surface area contributed by atoms with Crippen molar-refractivity contribution in [1.82, 2.24) is 9.78 Å². The number of hydrogen-bond acceptors (Lipinski definition) is 3. The molecule has 94 valence electrons. The van der Waals surface area contributed by atoms with Crippen molar-refractivity contribution in [3.05, 3.63) is 16.4 Å². The Bertz CT molecular complexity index is 430. The molecule has 1 saturated heterocycles. The second-order valence-corrected chi connectivity index (χ2v) is 5.67. The van der Waals surface area contributed by atoms with E-state index in [0.717, 1.165) is 41.5 Å². The quantitative estimate of drug-likeness (QED) is 0.845. The zero-order chi connectivity index (χ0) is 12.4. The highest BCUT2D eigenvalue weighted by molar-refractivity contribution is 8.00. The maximum atomic E-state index is 11.7. The Morgan fingerprint density at radius 3 is 2.82 bits per heavy atom. The van der Waals surface area contributed by atoms with Crippen LogP contribution in [0.4, 0.5) is 0 Å². The number of carbonyl (C=O) groups is 1. The van der Waals surface area contributed by atoms with E-state index in [9.17, 15) is 4.79 Å². The molecule has 3 nitrogen and oxygen atoms in total. The third kappa shape index (κ3) is 2.52. The van der Waals surface area contributed by atoms with Gasteiger partial charge in [0, 0.05) is 24.6 Å². The van der Waals surface area contributed by atoms with Crippen molar-refractivity contribution in [3.8, 4) is 0 Å². The number of ketones is 1. The van der Waals surface area contributed by atoms with E-state index < -0.39 is 0 Å². The fourth-order valence-electron chi connectivity index (χ4n) is 2.13. The van der Waals surface area contributed by atoms with Crippen molar-refractivity contribution in [2.75, 3.05) is 11.5 Å². The molecule has 2 heterocycles. The van der Waals surface area contributed by atoms with Gasteiger partial charge in [-0.25, -0.2) is 0 Å². The summed E-state index contributed by atoms with van der Waals surface area (Å²) < 4.78 is 1.94. The minimum absolute atomic E-state index is 0.129. The molecule has 1 aromatic rings. The Kier molecular flexibility index (Phi) is 4.15. The number of aryl methyl sites for hydroxylation is 2. The number of nitrogens with zero attached hydrogens (tertiary/aromatic N) is 2. The van der Waals surface area contributed by atoms with E-state index in [4.69, 9.17) is 11.6 Å². The SMILES string of the molecule is CCc1nn(CC)c(CC2CSCC2=O)c1Cl. The van der Waals surface area contributed by atoms with E-state index >= 15 is 0 Å². The lowest BCUT2D eigenvalue weighted by molar-refractivity contribution is -0.119. The first-order valence-electron chi connectivity index (χ1n) is 6.01. The van der Waals surface area contributed by atoms with Crippen molar-refractivity contribution in [3.63, 3.8) is 0 Å². The number of carbonyl (C=O) groups excluding carboxylic acids is 1. The second kappa shape index (κ2) is 5.44. The van der Waals surface area contributed by atoms with Gasteiger partial charge in [-0.3, -0.25) is 9.48 Å². The van der Waals surface area contributed by atoms with E-state index in [0.29, 0.717) is 11.5 Å². The number of Topliss-reactive ketones (excluding diaryl/α,β-unsaturated/α-hetero) is 1. The largest absolute Gasteiger partial charge is 0.298 e. The molecule has 1 unspecified atom stereocenters. The number of rotatable bonds is 4. The molecule has 1 atom stereocenters. The minimum atomic E-state index is 0.129. The lowest BCUT2D eigenvalue weighted by atomic mass is 10.0. The lowest BCUT2D eigenvalue weighted by Crippen LogP contribution is -2.17. The van der Waals surface area contributed by atoms with Crippen LogP contribution in [0.15, 0.2) is 0 Å². The fraction of sp³-hybridized carbons (Fsp3) is 0.667. The molecule has 0 radical (unpaired) electrons. The van der Waals surface area contributed by atoms with E-state index in [1.807, 2.05) is 4.68 Å². The molecule has 0 spiro atoms. The molecule has 0 N–H and O–H groups in total. The first-order chi connectivity index (χ1) is 8.17. The highest BCUT2D eigenvalue weighted by atomic mass is 35.5. The summed E-state index contributed by atoms with van der Waals surface area (Å²) >= 11 is 8.05. The smallest absolute Gasteiger partial charge is 0.147 e. The van der Waals surface area contributed by atoms with Gasteiger partial charge in [0.25, 0.3) is 0 Å². The molecule has 1 fully saturated rings. The Morgan fingerprint density at radius 2 is 2.29 bits per heavy atom. The summed E-state index contributed by atoms with van der Waals surface area (Å²) in [7, 11) is 0. The molecule has 1 aromatic heterocycles. The average Bonchev–Trinajstić information content (AvgIpc) is 2.86. The number of hydrogen-bond donors (Lipinski definition) is 0. The molecule has 0 amide bonds. The Labute approximate surface area is 111 Å². The van der Waals surface area contributed by atoms with Gasteiger partial charge in [0.15, 0.2) is 0 Å². The summed E-state index contributed by atoms with van der Waals surface area (Å²) in [5, 5.41) is 5.24. The van der Waals surface area contributed by atoms with Crippen molar-refractivity contribution in [2.24, 2.45) is 5.92 Å². The van der Waals surface area contributed by atoms with Crippen LogP contribution in [0.25, 0.3) is 0 Å². The standard InChI is InChI=1S/C12H17ClN2OS/c1-3-9-12(13)10(15(4-2)14-9)5-8-6-17-7-11(8)16/h8H,3-7H2,1-2H3. The highest BCUT2D eigenvalue weighted by Gasteiger charge is 2.28. The molecule has 1 aliphatic rings. The van der Waals surface area contributed by atoms with Gasteiger partial charge < -0.3 is 0 Å². The third-order valence-electron chi connectivity index (χ3n) is 3.15. The molecular formula is C12H17ClN2OS. The number of aromatic nitrogens is 2. The number of halogens is 1. The Balaban J connectivity index is 2.24. The van der Waals surface area contributed by atoms with Crippen LogP contribution in [-0.2, 0) is 24.2 Å². The van der Waals surface area contributed by atoms with Crippen LogP contribution >= 0.6 is 23.4 Å². The summed E-state index contributed by atoms with van der Waals surface area (Å²) in [5.74, 6) is 2.06. The van der Waals surface area contributed by atoms with Gasteiger partial charge in [-0.2, -0.15) is 16.9 Å². The van der Waals surface area contributed by atoms with Crippen molar-refractivity contribution in [2.45, 2.75) is 33.2 Å². The summed E-state index contributed by atoms with van der Waals surface area (Å²) in [4.78, 5) is 11.7. The molecule has 5 heteroatoms. The predicted molar refractivity (Wildman–Crippen MR) is 71.8 cm³/mol. The summed E-state index contributed by atoms with van der Waals surface area (Å²) in [5.41, 5.74) is 1.98. The Hall–Kier alpha value is -0.480. The molecule has 1 aliphatic heterocycles. The van der Waals surface area contributed by atoms with Crippen LogP contribution in [0.5, 0.6) is 0 Å². The summed E-state index contributed by atoms with van der Waals surface area (Å²) in [6.45, 7) is 4.91. The van der Waals surface area contributed by atoms with Gasteiger partial charge >= 0.3 is 0 Å². The first-order valence-corrected chi connectivity index (χ1v) is 7.55. The van der Waals surface area contributed by atoms with E-state index in [1.165, 1.54) is 0 Å². The zero-order valence-electron chi connectivity index (χ0n) is 10.2. The molecule has 2 rings (SSSR count). The maximum absolute atomic E-state index is 11.7. The zero-order valence-corrected chi connectivity index (χ0v) is 11.8.